The van der Waals surface area contributed by atoms with Crippen molar-refractivity contribution >= 4 is 11.6 Å². The zero-order valence-corrected chi connectivity index (χ0v) is 9.65. The second-order valence-corrected chi connectivity index (χ2v) is 3.61. The van der Waals surface area contributed by atoms with Crippen LogP contribution in [0.15, 0.2) is 30.5 Å². The van der Waals surface area contributed by atoms with Crippen LogP contribution < -0.4 is 10.1 Å². The third kappa shape index (κ3) is 2.44. The molecule has 0 saturated carbocycles. The standard InChI is InChI=1S/C12H13N3O2/c1-8-7-13-15-11(8)12(16)14-9-4-3-5-10(6-9)17-2/h3-7H,1-2H3,(H,13,15)(H,14,16). The Hall–Kier alpha value is -2.30. The minimum absolute atomic E-state index is 0.215. The minimum atomic E-state index is -0.215. The lowest BCUT2D eigenvalue weighted by Gasteiger charge is -2.06. The lowest BCUT2D eigenvalue weighted by atomic mass is 10.2. The van der Waals surface area contributed by atoms with Gasteiger partial charge >= 0.3 is 0 Å². The summed E-state index contributed by atoms with van der Waals surface area (Å²) in [5, 5.41) is 9.24. The fourth-order valence-corrected chi connectivity index (χ4v) is 1.47. The lowest BCUT2D eigenvalue weighted by molar-refractivity contribution is 0.102. The van der Waals surface area contributed by atoms with Crippen molar-refractivity contribution in [1.82, 2.24) is 10.2 Å². The number of aromatic amines is 1. The Morgan fingerprint density at radius 1 is 1.47 bits per heavy atom. The van der Waals surface area contributed by atoms with Crippen LogP contribution in [0.25, 0.3) is 0 Å². The molecule has 2 aromatic rings. The van der Waals surface area contributed by atoms with Crippen LogP contribution in [0.3, 0.4) is 0 Å². The third-order valence-corrected chi connectivity index (χ3v) is 2.38. The molecule has 88 valence electrons. The van der Waals surface area contributed by atoms with E-state index in [1.165, 1.54) is 0 Å². The van der Waals surface area contributed by atoms with E-state index in [-0.39, 0.29) is 5.91 Å². The highest BCUT2D eigenvalue weighted by atomic mass is 16.5. The van der Waals surface area contributed by atoms with Gasteiger partial charge in [0.15, 0.2) is 0 Å². The number of methoxy groups -OCH3 is 1. The molecule has 2 rings (SSSR count). The molecule has 0 aliphatic rings. The fraction of sp³-hybridized carbons (Fsp3) is 0.167. The summed E-state index contributed by atoms with van der Waals surface area (Å²) in [5.41, 5.74) is 1.96. The molecule has 0 bridgehead atoms. The molecule has 17 heavy (non-hydrogen) atoms. The quantitative estimate of drug-likeness (QED) is 0.848. The monoisotopic (exact) mass is 231 g/mol. The van der Waals surface area contributed by atoms with Crippen molar-refractivity contribution in [2.24, 2.45) is 0 Å². The van der Waals surface area contributed by atoms with E-state index in [1.54, 1.807) is 25.4 Å². The SMILES string of the molecule is COc1cccc(NC(=O)c2[nH]ncc2C)c1. The van der Waals surface area contributed by atoms with Crippen molar-refractivity contribution in [3.8, 4) is 5.75 Å². The normalized spacial score (nSPS) is 10.0. The molecule has 0 radical (unpaired) electrons. The molecule has 0 atom stereocenters. The van der Waals surface area contributed by atoms with Crippen LogP contribution in [0.1, 0.15) is 16.1 Å². The van der Waals surface area contributed by atoms with Crippen LogP contribution in [-0.2, 0) is 0 Å². The first-order valence-corrected chi connectivity index (χ1v) is 5.16. The molecule has 2 N–H and O–H groups in total. The maximum atomic E-state index is 11.9. The summed E-state index contributed by atoms with van der Waals surface area (Å²) in [6.07, 6.45) is 1.61. The second kappa shape index (κ2) is 4.69. The van der Waals surface area contributed by atoms with Crippen LogP contribution >= 0.6 is 0 Å². The van der Waals surface area contributed by atoms with Gasteiger partial charge in [-0.25, -0.2) is 0 Å². The van der Waals surface area contributed by atoms with E-state index in [0.717, 1.165) is 5.56 Å². The van der Waals surface area contributed by atoms with Crippen molar-refractivity contribution < 1.29 is 9.53 Å². The van der Waals surface area contributed by atoms with Crippen LogP contribution in [0.2, 0.25) is 0 Å². The van der Waals surface area contributed by atoms with Gasteiger partial charge in [0.1, 0.15) is 11.4 Å². The Balaban J connectivity index is 2.16. The average molecular weight is 231 g/mol. The van der Waals surface area contributed by atoms with E-state index < -0.39 is 0 Å². The summed E-state index contributed by atoms with van der Waals surface area (Å²) in [5.74, 6) is 0.484. The van der Waals surface area contributed by atoms with Gasteiger partial charge < -0.3 is 10.1 Å². The summed E-state index contributed by atoms with van der Waals surface area (Å²) in [7, 11) is 1.58. The van der Waals surface area contributed by atoms with Gasteiger partial charge in [-0.1, -0.05) is 6.07 Å². The molecule has 0 spiro atoms. The molecule has 1 heterocycles. The van der Waals surface area contributed by atoms with Crippen LogP contribution in [0.5, 0.6) is 5.75 Å². The van der Waals surface area contributed by atoms with Crippen molar-refractivity contribution in [3.05, 3.63) is 41.7 Å². The van der Waals surface area contributed by atoms with Gasteiger partial charge in [-0.15, -0.1) is 0 Å². The van der Waals surface area contributed by atoms with E-state index in [1.807, 2.05) is 19.1 Å². The van der Waals surface area contributed by atoms with Gasteiger partial charge in [0.2, 0.25) is 0 Å². The average Bonchev–Trinajstić information content (AvgIpc) is 2.76. The Morgan fingerprint density at radius 3 is 2.94 bits per heavy atom. The number of H-pyrrole nitrogens is 1. The maximum Gasteiger partial charge on any atom is 0.273 e. The Kier molecular flexibility index (Phi) is 3.09. The van der Waals surface area contributed by atoms with Crippen molar-refractivity contribution in [1.29, 1.82) is 0 Å². The van der Waals surface area contributed by atoms with Crippen LogP contribution in [0.4, 0.5) is 5.69 Å². The molecule has 0 aliphatic heterocycles. The fourth-order valence-electron chi connectivity index (χ4n) is 1.47. The van der Waals surface area contributed by atoms with Crippen molar-refractivity contribution in [2.45, 2.75) is 6.92 Å². The number of rotatable bonds is 3. The molecule has 1 aromatic carbocycles. The number of nitrogens with zero attached hydrogens (tertiary/aromatic N) is 1. The van der Waals surface area contributed by atoms with Crippen molar-refractivity contribution in [3.63, 3.8) is 0 Å². The topological polar surface area (TPSA) is 67.0 Å². The van der Waals surface area contributed by atoms with Crippen LogP contribution in [-0.4, -0.2) is 23.2 Å². The molecule has 0 unspecified atom stereocenters. The van der Waals surface area contributed by atoms with E-state index in [4.69, 9.17) is 4.74 Å². The zero-order chi connectivity index (χ0) is 12.3. The Morgan fingerprint density at radius 2 is 2.29 bits per heavy atom. The third-order valence-electron chi connectivity index (χ3n) is 2.38. The van der Waals surface area contributed by atoms with Gasteiger partial charge in [0.05, 0.1) is 13.3 Å². The molecule has 1 aromatic heterocycles. The minimum Gasteiger partial charge on any atom is -0.497 e. The van der Waals surface area contributed by atoms with Crippen LogP contribution in [0, 0.1) is 6.92 Å². The van der Waals surface area contributed by atoms with Gasteiger partial charge in [0.25, 0.3) is 5.91 Å². The summed E-state index contributed by atoms with van der Waals surface area (Å²) in [6, 6.07) is 7.18. The number of hydrogen-bond acceptors (Lipinski definition) is 3. The smallest absolute Gasteiger partial charge is 0.273 e. The Labute approximate surface area is 98.8 Å². The van der Waals surface area contributed by atoms with Gasteiger partial charge in [-0.2, -0.15) is 5.10 Å². The first-order valence-electron chi connectivity index (χ1n) is 5.16. The largest absolute Gasteiger partial charge is 0.497 e. The first kappa shape index (κ1) is 11.2. The maximum absolute atomic E-state index is 11.9. The number of carbonyl (C=O) groups excluding carboxylic acids is 1. The van der Waals surface area contributed by atoms with E-state index in [9.17, 15) is 4.79 Å². The molecule has 5 nitrogen and oxygen atoms in total. The summed E-state index contributed by atoms with van der Waals surface area (Å²) in [4.78, 5) is 11.9. The molecule has 0 aliphatic carbocycles. The number of nitrogens with one attached hydrogen (secondary N) is 2. The number of aryl methyl sites for hydroxylation is 1. The van der Waals surface area contributed by atoms with E-state index >= 15 is 0 Å². The number of carbonyl (C=O) groups is 1. The predicted octanol–water partition coefficient (Wildman–Crippen LogP) is 1.98. The number of aromatic nitrogens is 2. The first-order chi connectivity index (χ1) is 8.20. The van der Waals surface area contributed by atoms with Crippen molar-refractivity contribution in [2.75, 3.05) is 12.4 Å². The number of ether oxygens (including phenoxy) is 1. The molecule has 5 heteroatoms. The predicted molar refractivity (Wildman–Crippen MR) is 64.3 cm³/mol. The summed E-state index contributed by atoms with van der Waals surface area (Å²) >= 11 is 0. The van der Waals surface area contributed by atoms with Gasteiger partial charge in [-0.05, 0) is 24.6 Å². The number of amides is 1. The molecule has 0 fully saturated rings. The highest BCUT2D eigenvalue weighted by Crippen LogP contribution is 2.17. The highest BCUT2D eigenvalue weighted by molar-refractivity contribution is 6.03. The highest BCUT2D eigenvalue weighted by Gasteiger charge is 2.11. The number of hydrogen-bond donors (Lipinski definition) is 2. The van der Waals surface area contributed by atoms with Gasteiger partial charge in [0, 0.05) is 11.8 Å². The summed E-state index contributed by atoms with van der Waals surface area (Å²) in [6.45, 7) is 1.82. The lowest BCUT2D eigenvalue weighted by Crippen LogP contribution is -2.13. The van der Waals surface area contributed by atoms with E-state index in [0.29, 0.717) is 17.1 Å². The molecular weight excluding hydrogens is 218 g/mol. The van der Waals surface area contributed by atoms with E-state index in [2.05, 4.69) is 15.5 Å². The molecule has 1 amide bonds. The zero-order valence-electron chi connectivity index (χ0n) is 9.65. The number of benzene rings is 1. The molecular formula is C12H13N3O2. The Bertz CT molecular complexity index is 534. The second-order valence-electron chi connectivity index (χ2n) is 3.61. The van der Waals surface area contributed by atoms with Gasteiger partial charge in [-0.3, -0.25) is 9.89 Å². The molecule has 0 saturated heterocycles. The summed E-state index contributed by atoms with van der Waals surface area (Å²) < 4.78 is 5.08. The number of anilines is 1.